The molecule has 2 nitrogen and oxygen atoms in total. The van der Waals surface area contributed by atoms with Crippen LogP contribution in [0.5, 0.6) is 0 Å². The van der Waals surface area contributed by atoms with Crippen molar-refractivity contribution in [1.82, 2.24) is 0 Å². The van der Waals surface area contributed by atoms with Crippen LogP contribution >= 0.6 is 0 Å². The first-order valence-electron chi connectivity index (χ1n) is 8.94. The smallest absolute Gasteiger partial charge is 0.331 e. The molecule has 22 heavy (non-hydrogen) atoms. The molecular weight excluding hydrogens is 272 g/mol. The summed E-state index contributed by atoms with van der Waals surface area (Å²) in [6, 6.07) is 0. The normalized spacial score (nSPS) is 15.3. The molecule has 0 aromatic carbocycles. The second-order valence-corrected chi connectivity index (χ2v) is 6.73. The van der Waals surface area contributed by atoms with E-state index in [0.29, 0.717) is 0 Å². The maximum Gasteiger partial charge on any atom is 0.331 e. The van der Waals surface area contributed by atoms with Gasteiger partial charge in [-0.25, -0.2) is 4.79 Å². The number of allylic oxidation sites excluding steroid dienone is 3. The lowest BCUT2D eigenvalue weighted by atomic mass is 9.92. The Bertz CT molecular complexity index is 353. The Labute approximate surface area is 138 Å². The van der Waals surface area contributed by atoms with Gasteiger partial charge in [-0.15, -0.1) is 0 Å². The average Bonchev–Trinajstić information content (AvgIpc) is 2.44. The lowest BCUT2D eigenvalue weighted by molar-refractivity contribution is -0.141. The maximum atomic E-state index is 11.5. The summed E-state index contributed by atoms with van der Waals surface area (Å²) in [6.07, 6.45) is 13.3. The van der Waals surface area contributed by atoms with E-state index in [1.54, 1.807) is 6.08 Å². The molecule has 0 rings (SSSR count). The van der Waals surface area contributed by atoms with Gasteiger partial charge in [-0.3, -0.25) is 0 Å². The minimum absolute atomic E-state index is 0.0597. The Morgan fingerprint density at radius 2 is 1.77 bits per heavy atom. The molecule has 0 radical (unpaired) electrons. The minimum atomic E-state index is -0.252. The number of esters is 1. The zero-order valence-electron chi connectivity index (χ0n) is 15.5. The topological polar surface area (TPSA) is 26.3 Å². The molecule has 0 fully saturated rings. The van der Waals surface area contributed by atoms with Gasteiger partial charge >= 0.3 is 5.97 Å². The third kappa shape index (κ3) is 11.6. The largest absolute Gasteiger partial charge is 0.460 e. The van der Waals surface area contributed by atoms with Gasteiger partial charge in [0.25, 0.3) is 0 Å². The number of carbonyl (C=O) groups excluding carboxylic acids is 1. The Hall–Kier alpha value is -1.05. The highest BCUT2D eigenvalue weighted by molar-refractivity contribution is 5.83. The van der Waals surface area contributed by atoms with Gasteiger partial charge in [0, 0.05) is 6.08 Å². The first-order chi connectivity index (χ1) is 10.4. The molecule has 2 heteroatoms. The van der Waals surface area contributed by atoms with Crippen LogP contribution in [-0.4, -0.2) is 12.1 Å². The zero-order chi connectivity index (χ0) is 17.0. The van der Waals surface area contributed by atoms with E-state index >= 15 is 0 Å². The molecule has 0 aliphatic rings. The molecule has 0 amide bonds. The van der Waals surface area contributed by atoms with E-state index in [1.807, 2.05) is 26.8 Å². The van der Waals surface area contributed by atoms with E-state index in [0.717, 1.165) is 23.8 Å². The molecule has 0 heterocycles. The third-order valence-electron chi connectivity index (χ3n) is 4.13. The van der Waals surface area contributed by atoms with Crippen molar-refractivity contribution < 1.29 is 9.53 Å². The number of hydrogen-bond acceptors (Lipinski definition) is 2. The molecule has 0 aromatic heterocycles. The van der Waals surface area contributed by atoms with Gasteiger partial charge in [0.15, 0.2) is 0 Å². The predicted molar refractivity (Wildman–Crippen MR) is 95.8 cm³/mol. The van der Waals surface area contributed by atoms with Gasteiger partial charge in [-0.2, -0.15) is 0 Å². The molecule has 2 unspecified atom stereocenters. The van der Waals surface area contributed by atoms with Gasteiger partial charge in [0.05, 0.1) is 6.10 Å². The summed E-state index contributed by atoms with van der Waals surface area (Å²) in [5.41, 5.74) is 0.958. The summed E-state index contributed by atoms with van der Waals surface area (Å²) in [5.74, 6) is 1.36. The van der Waals surface area contributed by atoms with Crippen LogP contribution in [0, 0.1) is 11.8 Å². The number of rotatable bonds is 11. The monoisotopic (exact) mass is 308 g/mol. The first kappa shape index (κ1) is 20.9. The van der Waals surface area contributed by atoms with Crippen molar-refractivity contribution in [3.05, 3.63) is 23.8 Å². The van der Waals surface area contributed by atoms with Crippen LogP contribution in [0.25, 0.3) is 0 Å². The molecule has 0 bridgehead atoms. The molecular formula is C20H36O2. The van der Waals surface area contributed by atoms with Crippen molar-refractivity contribution in [2.45, 2.75) is 86.2 Å². The van der Waals surface area contributed by atoms with Crippen LogP contribution in [0.2, 0.25) is 0 Å². The molecule has 2 atom stereocenters. The quantitative estimate of drug-likeness (QED) is 0.263. The van der Waals surface area contributed by atoms with Crippen molar-refractivity contribution in [2.75, 3.05) is 0 Å². The zero-order valence-corrected chi connectivity index (χ0v) is 15.5. The fourth-order valence-corrected chi connectivity index (χ4v) is 2.39. The Morgan fingerprint density at radius 3 is 2.32 bits per heavy atom. The molecule has 0 spiro atoms. The highest BCUT2D eigenvalue weighted by atomic mass is 16.5. The molecule has 0 saturated heterocycles. The molecule has 0 aliphatic carbocycles. The van der Waals surface area contributed by atoms with E-state index in [4.69, 9.17) is 4.74 Å². The third-order valence-corrected chi connectivity index (χ3v) is 4.13. The Kier molecular flexibility index (Phi) is 11.9. The van der Waals surface area contributed by atoms with E-state index < -0.39 is 0 Å². The summed E-state index contributed by atoms with van der Waals surface area (Å²) in [4.78, 5) is 11.5. The van der Waals surface area contributed by atoms with Gasteiger partial charge in [0.2, 0.25) is 0 Å². The number of carbonyl (C=O) groups is 1. The predicted octanol–water partition coefficient (Wildman–Crippen LogP) is 6.07. The highest BCUT2D eigenvalue weighted by Crippen LogP contribution is 2.20. The standard InChI is InChI=1S/C20H36O2/c1-7-17(5)11-9-13-19(8-2)14-10-12-18(6)15-20(21)22-16(3)4/h10,12,15-17,19H,7-9,11,13-14H2,1-6H3/b12-10+,18-15+. The fraction of sp³-hybridized carbons (Fsp3) is 0.750. The maximum absolute atomic E-state index is 11.5. The molecule has 0 saturated carbocycles. The summed E-state index contributed by atoms with van der Waals surface area (Å²) >= 11 is 0. The first-order valence-corrected chi connectivity index (χ1v) is 8.94. The minimum Gasteiger partial charge on any atom is -0.460 e. The summed E-state index contributed by atoms with van der Waals surface area (Å²) in [7, 11) is 0. The highest BCUT2D eigenvalue weighted by Gasteiger charge is 2.06. The van der Waals surface area contributed by atoms with Crippen LogP contribution in [0.4, 0.5) is 0 Å². The second-order valence-electron chi connectivity index (χ2n) is 6.73. The van der Waals surface area contributed by atoms with Crippen molar-refractivity contribution >= 4 is 5.97 Å². The van der Waals surface area contributed by atoms with Gasteiger partial charge in [-0.05, 0) is 44.6 Å². The van der Waals surface area contributed by atoms with Crippen LogP contribution in [-0.2, 0) is 9.53 Å². The second kappa shape index (κ2) is 12.5. The summed E-state index contributed by atoms with van der Waals surface area (Å²) < 4.78 is 5.11. The SMILES string of the molecule is CCC(C)CCCC(CC)C/C=C/C(C)=C/C(=O)OC(C)C. The van der Waals surface area contributed by atoms with Crippen molar-refractivity contribution in [2.24, 2.45) is 11.8 Å². The number of ether oxygens (including phenoxy) is 1. The Morgan fingerprint density at radius 1 is 1.09 bits per heavy atom. The van der Waals surface area contributed by atoms with Crippen LogP contribution in [0.1, 0.15) is 80.1 Å². The van der Waals surface area contributed by atoms with E-state index in [2.05, 4.69) is 26.8 Å². The van der Waals surface area contributed by atoms with Crippen molar-refractivity contribution in [1.29, 1.82) is 0 Å². The van der Waals surface area contributed by atoms with Crippen LogP contribution in [0.15, 0.2) is 23.8 Å². The summed E-state index contributed by atoms with van der Waals surface area (Å²) in [5, 5.41) is 0. The summed E-state index contributed by atoms with van der Waals surface area (Å²) in [6.45, 7) is 12.5. The van der Waals surface area contributed by atoms with E-state index in [9.17, 15) is 4.79 Å². The van der Waals surface area contributed by atoms with Gasteiger partial charge < -0.3 is 4.74 Å². The van der Waals surface area contributed by atoms with E-state index in [-0.39, 0.29) is 12.1 Å². The Balaban J connectivity index is 4.14. The van der Waals surface area contributed by atoms with E-state index in [1.165, 1.54) is 32.1 Å². The molecule has 0 aromatic rings. The fourth-order valence-electron chi connectivity index (χ4n) is 2.39. The van der Waals surface area contributed by atoms with Gasteiger partial charge in [0.1, 0.15) is 0 Å². The van der Waals surface area contributed by atoms with Crippen molar-refractivity contribution in [3.8, 4) is 0 Å². The molecule has 0 N–H and O–H groups in total. The van der Waals surface area contributed by atoms with Gasteiger partial charge in [-0.1, -0.05) is 65.0 Å². The average molecular weight is 309 g/mol. The van der Waals surface area contributed by atoms with Crippen LogP contribution < -0.4 is 0 Å². The molecule has 128 valence electrons. The van der Waals surface area contributed by atoms with Crippen LogP contribution in [0.3, 0.4) is 0 Å². The molecule has 0 aliphatic heterocycles. The number of hydrogen-bond donors (Lipinski definition) is 0. The van der Waals surface area contributed by atoms with Crippen molar-refractivity contribution in [3.63, 3.8) is 0 Å². The lowest BCUT2D eigenvalue weighted by Crippen LogP contribution is -2.08. The lowest BCUT2D eigenvalue weighted by Gasteiger charge is -2.14.